The number of halogens is 2. The molecule has 0 amide bonds. The van der Waals surface area contributed by atoms with E-state index in [1.165, 1.54) is 0 Å². The standard InChI is InChI=1S/C20H8Br2O4/c21-9-2-5-15-12(7-9)18(23)11-3-6-16-17(20(11)26-15)19(24)13-8-10(22)1-4-14(13)25-16/h1-8H. The fourth-order valence-corrected chi connectivity index (χ4v) is 3.92. The molecule has 5 aromatic rings. The second-order valence-electron chi connectivity index (χ2n) is 5.96. The summed E-state index contributed by atoms with van der Waals surface area (Å²) in [7, 11) is 0. The van der Waals surface area contributed by atoms with E-state index < -0.39 is 0 Å². The third-order valence-electron chi connectivity index (χ3n) is 4.40. The Hall–Kier alpha value is -2.44. The molecular weight excluding hydrogens is 464 g/mol. The smallest absolute Gasteiger partial charge is 0.204 e. The summed E-state index contributed by atoms with van der Waals surface area (Å²) in [6, 6.07) is 13.7. The molecule has 126 valence electrons. The summed E-state index contributed by atoms with van der Waals surface area (Å²) in [5.41, 5.74) is 1.13. The van der Waals surface area contributed by atoms with Gasteiger partial charge in [0.2, 0.25) is 10.9 Å². The van der Waals surface area contributed by atoms with Crippen LogP contribution in [0.4, 0.5) is 0 Å². The molecule has 3 aromatic carbocycles. The van der Waals surface area contributed by atoms with Crippen LogP contribution in [-0.2, 0) is 0 Å². The molecule has 0 aliphatic carbocycles. The summed E-state index contributed by atoms with van der Waals surface area (Å²) in [4.78, 5) is 26.0. The zero-order chi connectivity index (χ0) is 18.0. The zero-order valence-electron chi connectivity index (χ0n) is 13.0. The Balaban J connectivity index is 2.08. The van der Waals surface area contributed by atoms with Gasteiger partial charge >= 0.3 is 0 Å². The summed E-state index contributed by atoms with van der Waals surface area (Å²) >= 11 is 6.74. The molecule has 2 aromatic heterocycles. The van der Waals surface area contributed by atoms with Crippen molar-refractivity contribution in [2.45, 2.75) is 0 Å². The maximum absolute atomic E-state index is 13.1. The monoisotopic (exact) mass is 470 g/mol. The van der Waals surface area contributed by atoms with E-state index >= 15 is 0 Å². The molecule has 0 fully saturated rings. The van der Waals surface area contributed by atoms with Crippen molar-refractivity contribution in [3.8, 4) is 0 Å². The summed E-state index contributed by atoms with van der Waals surface area (Å²) < 4.78 is 13.4. The van der Waals surface area contributed by atoms with Crippen LogP contribution in [0.5, 0.6) is 0 Å². The molecule has 4 nitrogen and oxygen atoms in total. The second kappa shape index (κ2) is 5.53. The van der Waals surface area contributed by atoms with Crippen LogP contribution in [0.15, 0.2) is 75.9 Å². The highest BCUT2D eigenvalue weighted by atomic mass is 79.9. The third kappa shape index (κ3) is 2.19. The number of benzene rings is 3. The molecule has 0 atom stereocenters. The molecule has 0 bridgehead atoms. The third-order valence-corrected chi connectivity index (χ3v) is 5.38. The number of fused-ring (bicyclic) bond motifs is 5. The number of hydrogen-bond donors (Lipinski definition) is 0. The van der Waals surface area contributed by atoms with Gasteiger partial charge in [-0.25, -0.2) is 0 Å². The van der Waals surface area contributed by atoms with Gasteiger partial charge in [0.05, 0.1) is 16.2 Å². The first-order chi connectivity index (χ1) is 12.5. The van der Waals surface area contributed by atoms with Gasteiger partial charge in [-0.05, 0) is 48.5 Å². The largest absolute Gasteiger partial charge is 0.456 e. The van der Waals surface area contributed by atoms with Gasteiger partial charge in [-0.15, -0.1) is 0 Å². The zero-order valence-corrected chi connectivity index (χ0v) is 16.2. The minimum atomic E-state index is -0.229. The highest BCUT2D eigenvalue weighted by Gasteiger charge is 2.16. The summed E-state index contributed by atoms with van der Waals surface area (Å²) in [5.74, 6) is 0. The Morgan fingerprint density at radius 2 is 1.19 bits per heavy atom. The molecule has 0 aliphatic rings. The van der Waals surface area contributed by atoms with E-state index in [1.807, 2.05) is 6.07 Å². The van der Waals surface area contributed by atoms with Crippen molar-refractivity contribution >= 4 is 75.7 Å². The van der Waals surface area contributed by atoms with Crippen LogP contribution in [0.3, 0.4) is 0 Å². The van der Waals surface area contributed by atoms with Gasteiger partial charge in [0, 0.05) is 8.95 Å². The first-order valence-corrected chi connectivity index (χ1v) is 9.33. The van der Waals surface area contributed by atoms with Crippen molar-refractivity contribution in [1.82, 2.24) is 0 Å². The fourth-order valence-electron chi connectivity index (χ4n) is 3.19. The lowest BCUT2D eigenvalue weighted by molar-refractivity contribution is 0.649. The number of hydrogen-bond acceptors (Lipinski definition) is 4. The predicted octanol–water partition coefficient (Wildman–Crippen LogP) is 5.73. The summed E-state index contributed by atoms with van der Waals surface area (Å²) in [6.07, 6.45) is 0. The quantitative estimate of drug-likeness (QED) is 0.214. The lowest BCUT2D eigenvalue weighted by Crippen LogP contribution is -2.07. The minimum absolute atomic E-state index is 0.182. The van der Waals surface area contributed by atoms with Crippen molar-refractivity contribution < 1.29 is 8.83 Å². The predicted molar refractivity (Wildman–Crippen MR) is 109 cm³/mol. The first kappa shape index (κ1) is 15.8. The van der Waals surface area contributed by atoms with E-state index in [9.17, 15) is 9.59 Å². The SMILES string of the molecule is O=c1c2cc(Br)ccc2oc2c1ccc1oc3ccc(Br)cc3c(=O)c12. The van der Waals surface area contributed by atoms with Gasteiger partial charge in [-0.1, -0.05) is 31.9 Å². The van der Waals surface area contributed by atoms with Gasteiger partial charge in [-0.2, -0.15) is 0 Å². The van der Waals surface area contributed by atoms with Crippen LogP contribution in [0.1, 0.15) is 0 Å². The van der Waals surface area contributed by atoms with Crippen molar-refractivity contribution in [2.75, 3.05) is 0 Å². The van der Waals surface area contributed by atoms with E-state index in [1.54, 1.807) is 42.5 Å². The van der Waals surface area contributed by atoms with Crippen LogP contribution < -0.4 is 10.9 Å². The van der Waals surface area contributed by atoms with Gasteiger partial charge in [0.1, 0.15) is 22.1 Å². The Kier molecular flexibility index (Phi) is 3.36. The van der Waals surface area contributed by atoms with Crippen LogP contribution in [-0.4, -0.2) is 0 Å². The van der Waals surface area contributed by atoms with Gasteiger partial charge in [-0.3, -0.25) is 9.59 Å². The fraction of sp³-hybridized carbons (Fsp3) is 0. The lowest BCUT2D eigenvalue weighted by Gasteiger charge is -2.06. The summed E-state index contributed by atoms with van der Waals surface area (Å²) in [5, 5.41) is 1.51. The molecule has 0 radical (unpaired) electrons. The normalized spacial score (nSPS) is 11.8. The Morgan fingerprint density at radius 3 is 1.88 bits per heavy atom. The molecule has 0 N–H and O–H groups in total. The van der Waals surface area contributed by atoms with Gasteiger partial charge in [0.25, 0.3) is 0 Å². The average Bonchev–Trinajstić information content (AvgIpc) is 2.63. The molecule has 0 spiro atoms. The highest BCUT2D eigenvalue weighted by molar-refractivity contribution is 9.10. The number of rotatable bonds is 0. The van der Waals surface area contributed by atoms with Crippen LogP contribution >= 0.6 is 31.9 Å². The molecule has 0 saturated heterocycles. The molecule has 5 rings (SSSR count). The Labute approximate surface area is 162 Å². The Morgan fingerprint density at radius 1 is 0.615 bits per heavy atom. The molecule has 26 heavy (non-hydrogen) atoms. The van der Waals surface area contributed by atoms with Crippen molar-refractivity contribution in [3.63, 3.8) is 0 Å². The van der Waals surface area contributed by atoms with Gasteiger partial charge < -0.3 is 8.83 Å². The highest BCUT2D eigenvalue weighted by Crippen LogP contribution is 2.29. The van der Waals surface area contributed by atoms with E-state index in [0.29, 0.717) is 32.9 Å². The molecule has 2 heterocycles. The van der Waals surface area contributed by atoms with Gasteiger partial charge in [0.15, 0.2) is 5.58 Å². The molecule has 0 aliphatic heterocycles. The van der Waals surface area contributed by atoms with E-state index in [-0.39, 0.29) is 21.8 Å². The van der Waals surface area contributed by atoms with Crippen LogP contribution in [0.25, 0.3) is 43.9 Å². The molecular formula is C20H8Br2O4. The lowest BCUT2D eigenvalue weighted by atomic mass is 10.1. The van der Waals surface area contributed by atoms with Crippen molar-refractivity contribution in [3.05, 3.63) is 77.9 Å². The van der Waals surface area contributed by atoms with E-state index in [4.69, 9.17) is 8.83 Å². The summed E-state index contributed by atoms with van der Waals surface area (Å²) in [6.45, 7) is 0. The Bertz CT molecular complexity index is 1500. The second-order valence-corrected chi connectivity index (χ2v) is 7.79. The maximum Gasteiger partial charge on any atom is 0.204 e. The first-order valence-electron chi connectivity index (χ1n) is 7.74. The van der Waals surface area contributed by atoms with Crippen LogP contribution in [0, 0.1) is 0 Å². The van der Waals surface area contributed by atoms with E-state index in [0.717, 1.165) is 8.95 Å². The molecule has 0 saturated carbocycles. The van der Waals surface area contributed by atoms with E-state index in [2.05, 4.69) is 31.9 Å². The molecule has 0 unspecified atom stereocenters. The minimum Gasteiger partial charge on any atom is -0.456 e. The van der Waals surface area contributed by atoms with Crippen LogP contribution in [0.2, 0.25) is 0 Å². The molecule has 6 heteroatoms. The van der Waals surface area contributed by atoms with Crippen molar-refractivity contribution in [2.24, 2.45) is 0 Å². The topological polar surface area (TPSA) is 60.4 Å². The maximum atomic E-state index is 13.1. The van der Waals surface area contributed by atoms with Crippen molar-refractivity contribution in [1.29, 1.82) is 0 Å². The average molecular weight is 472 g/mol.